The SMILES string of the molecule is CCOc1ccccc1N1CCN(C(=O)NCc2ccc(OCC(F)(F)F)nc2)CC1. The Hall–Kier alpha value is -3.17. The number of rotatable bonds is 7. The van der Waals surface area contributed by atoms with Crippen molar-refractivity contribution < 1.29 is 27.4 Å². The van der Waals surface area contributed by atoms with Crippen molar-refractivity contribution in [3.05, 3.63) is 48.2 Å². The molecule has 0 aliphatic carbocycles. The van der Waals surface area contributed by atoms with Gasteiger partial charge >= 0.3 is 12.2 Å². The minimum atomic E-state index is -4.41. The number of nitrogens with one attached hydrogen (secondary N) is 1. The molecule has 1 N–H and O–H groups in total. The number of nitrogens with zero attached hydrogens (tertiary/aromatic N) is 3. The van der Waals surface area contributed by atoms with E-state index in [0.717, 1.165) is 11.4 Å². The van der Waals surface area contributed by atoms with Crippen molar-refractivity contribution in [1.29, 1.82) is 0 Å². The minimum Gasteiger partial charge on any atom is -0.492 e. The number of alkyl halides is 3. The van der Waals surface area contributed by atoms with Crippen LogP contribution in [0.1, 0.15) is 12.5 Å². The second kappa shape index (κ2) is 10.2. The second-order valence-corrected chi connectivity index (χ2v) is 6.94. The maximum atomic E-state index is 12.5. The lowest BCUT2D eigenvalue weighted by Gasteiger charge is -2.36. The van der Waals surface area contributed by atoms with E-state index in [9.17, 15) is 18.0 Å². The van der Waals surface area contributed by atoms with Crippen LogP contribution in [0.4, 0.5) is 23.7 Å². The number of piperazine rings is 1. The van der Waals surface area contributed by atoms with Crippen molar-refractivity contribution in [1.82, 2.24) is 15.2 Å². The lowest BCUT2D eigenvalue weighted by Crippen LogP contribution is -2.51. The maximum absolute atomic E-state index is 12.5. The summed E-state index contributed by atoms with van der Waals surface area (Å²) in [5.74, 6) is 0.717. The predicted octanol–water partition coefficient (Wildman–Crippen LogP) is 3.45. The van der Waals surface area contributed by atoms with Crippen LogP contribution in [0.15, 0.2) is 42.6 Å². The van der Waals surface area contributed by atoms with Gasteiger partial charge in [-0.2, -0.15) is 13.2 Å². The third-order valence-electron chi connectivity index (χ3n) is 4.70. The molecule has 0 atom stereocenters. The van der Waals surface area contributed by atoms with Gasteiger partial charge in [-0.25, -0.2) is 9.78 Å². The van der Waals surface area contributed by atoms with E-state index < -0.39 is 12.8 Å². The van der Waals surface area contributed by atoms with Crippen molar-refractivity contribution in [2.45, 2.75) is 19.6 Å². The van der Waals surface area contributed by atoms with E-state index in [1.165, 1.54) is 12.3 Å². The van der Waals surface area contributed by atoms with Gasteiger partial charge in [0.2, 0.25) is 5.88 Å². The van der Waals surface area contributed by atoms with Gasteiger partial charge in [0.1, 0.15) is 5.75 Å². The van der Waals surface area contributed by atoms with Crippen LogP contribution in [0.25, 0.3) is 0 Å². The summed E-state index contributed by atoms with van der Waals surface area (Å²) in [7, 11) is 0. The van der Waals surface area contributed by atoms with Crippen LogP contribution in [0, 0.1) is 0 Å². The first-order chi connectivity index (χ1) is 14.9. The highest BCUT2D eigenvalue weighted by molar-refractivity contribution is 5.74. The van der Waals surface area contributed by atoms with Crippen LogP contribution >= 0.6 is 0 Å². The van der Waals surface area contributed by atoms with E-state index in [1.807, 2.05) is 31.2 Å². The van der Waals surface area contributed by atoms with Crippen LogP contribution < -0.4 is 19.7 Å². The fourth-order valence-electron chi connectivity index (χ4n) is 3.19. The Kier molecular flexibility index (Phi) is 7.43. The van der Waals surface area contributed by atoms with E-state index in [-0.39, 0.29) is 18.5 Å². The zero-order chi connectivity index (χ0) is 22.3. The molecule has 168 valence electrons. The molecule has 0 saturated carbocycles. The highest BCUT2D eigenvalue weighted by Crippen LogP contribution is 2.28. The Morgan fingerprint density at radius 1 is 1.10 bits per heavy atom. The van der Waals surface area contributed by atoms with Gasteiger partial charge in [0.25, 0.3) is 0 Å². The Bertz CT molecular complexity index is 854. The molecule has 0 spiro atoms. The normalized spacial score (nSPS) is 14.3. The quantitative estimate of drug-likeness (QED) is 0.717. The summed E-state index contributed by atoms with van der Waals surface area (Å²) in [5, 5.41) is 2.81. The summed E-state index contributed by atoms with van der Waals surface area (Å²) in [6, 6.07) is 10.6. The third kappa shape index (κ3) is 6.66. The number of amides is 2. The average Bonchev–Trinajstić information content (AvgIpc) is 2.77. The first kappa shape index (κ1) is 22.5. The largest absolute Gasteiger partial charge is 0.492 e. The standard InChI is InChI=1S/C21H25F3N4O3/c1-2-30-18-6-4-3-5-17(18)27-9-11-28(12-10-27)20(29)26-14-16-7-8-19(25-13-16)31-15-21(22,23)24/h3-8,13H,2,9-12,14-15H2,1H3,(H,26,29). The van der Waals surface area contributed by atoms with Crippen LogP contribution in [-0.4, -0.2) is 61.5 Å². The molecule has 1 aromatic carbocycles. The molecule has 10 heteroatoms. The van der Waals surface area contributed by atoms with Crippen LogP contribution in [0.3, 0.4) is 0 Å². The molecule has 1 saturated heterocycles. The Labute approximate surface area is 178 Å². The highest BCUT2D eigenvalue weighted by atomic mass is 19.4. The van der Waals surface area contributed by atoms with Crippen molar-refractivity contribution in [3.8, 4) is 11.6 Å². The number of carbonyl (C=O) groups excluding carboxylic acids is 1. The monoisotopic (exact) mass is 438 g/mol. The summed E-state index contributed by atoms with van der Waals surface area (Å²) in [6.45, 7) is 3.86. The lowest BCUT2D eigenvalue weighted by molar-refractivity contribution is -0.154. The Morgan fingerprint density at radius 2 is 1.84 bits per heavy atom. The number of hydrogen-bond acceptors (Lipinski definition) is 5. The zero-order valence-corrected chi connectivity index (χ0v) is 17.2. The lowest BCUT2D eigenvalue weighted by atomic mass is 10.2. The number of carbonyl (C=O) groups is 1. The third-order valence-corrected chi connectivity index (χ3v) is 4.70. The van der Waals surface area contributed by atoms with Crippen LogP contribution in [0.2, 0.25) is 0 Å². The summed E-state index contributed by atoms with van der Waals surface area (Å²) < 4.78 is 46.8. The first-order valence-electron chi connectivity index (χ1n) is 10.00. The molecule has 1 fully saturated rings. The summed E-state index contributed by atoms with van der Waals surface area (Å²) in [5.41, 5.74) is 1.68. The van der Waals surface area contributed by atoms with Crippen LogP contribution in [-0.2, 0) is 6.54 Å². The van der Waals surface area contributed by atoms with Crippen molar-refractivity contribution >= 4 is 11.7 Å². The summed E-state index contributed by atoms with van der Waals surface area (Å²) in [6.07, 6.45) is -3.03. The van der Waals surface area contributed by atoms with E-state index in [2.05, 4.69) is 19.9 Å². The van der Waals surface area contributed by atoms with E-state index >= 15 is 0 Å². The topological polar surface area (TPSA) is 66.9 Å². The molecule has 0 unspecified atom stereocenters. The fourth-order valence-corrected chi connectivity index (χ4v) is 3.19. The summed E-state index contributed by atoms with van der Waals surface area (Å²) in [4.78, 5) is 20.2. The number of hydrogen-bond donors (Lipinski definition) is 1. The number of aromatic nitrogens is 1. The molecule has 2 amide bonds. The van der Waals surface area contributed by atoms with Gasteiger partial charge in [0, 0.05) is 45.0 Å². The minimum absolute atomic E-state index is 0.115. The molecule has 1 aromatic heterocycles. The molecular weight excluding hydrogens is 413 g/mol. The van der Waals surface area contributed by atoms with Gasteiger partial charge in [-0.05, 0) is 24.6 Å². The van der Waals surface area contributed by atoms with Crippen LogP contribution in [0.5, 0.6) is 11.6 Å². The maximum Gasteiger partial charge on any atom is 0.422 e. The number of para-hydroxylation sites is 2. The zero-order valence-electron chi connectivity index (χ0n) is 17.2. The van der Waals surface area contributed by atoms with Gasteiger partial charge in [-0.1, -0.05) is 18.2 Å². The molecular formula is C21H25F3N4O3. The molecule has 7 nitrogen and oxygen atoms in total. The van der Waals surface area contributed by atoms with E-state index in [1.54, 1.807) is 11.0 Å². The van der Waals surface area contributed by atoms with Gasteiger partial charge in [-0.15, -0.1) is 0 Å². The number of urea groups is 1. The molecule has 0 radical (unpaired) electrons. The van der Waals surface area contributed by atoms with Crippen molar-refractivity contribution in [2.75, 3.05) is 44.3 Å². The Morgan fingerprint density at radius 3 is 2.48 bits per heavy atom. The fraction of sp³-hybridized carbons (Fsp3) is 0.429. The summed E-state index contributed by atoms with van der Waals surface area (Å²) >= 11 is 0. The van der Waals surface area contributed by atoms with Gasteiger partial charge in [0.05, 0.1) is 12.3 Å². The number of benzene rings is 1. The first-order valence-corrected chi connectivity index (χ1v) is 10.00. The Balaban J connectivity index is 1.45. The number of anilines is 1. The van der Waals surface area contributed by atoms with E-state index in [4.69, 9.17) is 4.74 Å². The van der Waals surface area contributed by atoms with E-state index in [0.29, 0.717) is 38.3 Å². The number of pyridine rings is 1. The van der Waals surface area contributed by atoms with Crippen molar-refractivity contribution in [3.63, 3.8) is 0 Å². The molecule has 1 aliphatic heterocycles. The average molecular weight is 438 g/mol. The molecule has 2 aromatic rings. The highest BCUT2D eigenvalue weighted by Gasteiger charge is 2.28. The number of ether oxygens (including phenoxy) is 2. The second-order valence-electron chi connectivity index (χ2n) is 6.94. The smallest absolute Gasteiger partial charge is 0.422 e. The molecule has 2 heterocycles. The molecule has 31 heavy (non-hydrogen) atoms. The molecule has 1 aliphatic rings. The predicted molar refractivity (Wildman–Crippen MR) is 109 cm³/mol. The van der Waals surface area contributed by atoms with Gasteiger partial charge in [-0.3, -0.25) is 0 Å². The van der Waals surface area contributed by atoms with Crippen molar-refractivity contribution in [2.24, 2.45) is 0 Å². The molecule has 3 rings (SSSR count). The van der Waals surface area contributed by atoms with Gasteiger partial charge < -0.3 is 24.6 Å². The van der Waals surface area contributed by atoms with Gasteiger partial charge in [0.15, 0.2) is 6.61 Å². The number of halogens is 3. The molecule has 0 bridgehead atoms.